The highest BCUT2D eigenvalue weighted by molar-refractivity contribution is 6.32. The molecule has 0 saturated carbocycles. The Morgan fingerprint density at radius 3 is 2.33 bits per heavy atom. The van der Waals surface area contributed by atoms with Gasteiger partial charge in [0.15, 0.2) is 5.75 Å². The van der Waals surface area contributed by atoms with Gasteiger partial charge in [-0.25, -0.2) is 9.18 Å². The molecule has 0 heterocycles. The van der Waals surface area contributed by atoms with Crippen LogP contribution in [0.4, 0.5) is 17.6 Å². The Balaban J connectivity index is 2.26. The van der Waals surface area contributed by atoms with Crippen LogP contribution in [0.1, 0.15) is 45.8 Å². The lowest BCUT2D eigenvalue weighted by atomic mass is 9.92. The summed E-state index contributed by atoms with van der Waals surface area (Å²) in [5, 5.41) is 0.173. The standard InChI is InChI=1S/C23H21ClF4O5/c1-31-20-18(22(30)33-3)8-13(9-19(20)24)6-4-5-7-17(21(29)32-2)14-10-15(23(26,27)28)12-16(25)11-14/h4,6,8-12,17H,5,7H2,1-3H3/b6-4+. The van der Waals surface area contributed by atoms with Gasteiger partial charge in [0.2, 0.25) is 0 Å². The number of hydrogen-bond acceptors (Lipinski definition) is 5. The molecule has 0 radical (unpaired) electrons. The van der Waals surface area contributed by atoms with E-state index in [9.17, 15) is 27.2 Å². The van der Waals surface area contributed by atoms with Crippen LogP contribution in [0.15, 0.2) is 36.4 Å². The first-order valence-corrected chi connectivity index (χ1v) is 9.97. The highest BCUT2D eigenvalue weighted by Crippen LogP contribution is 2.34. The van der Waals surface area contributed by atoms with Crippen LogP contribution in [0.5, 0.6) is 5.75 Å². The maximum Gasteiger partial charge on any atom is 0.416 e. The van der Waals surface area contributed by atoms with Crippen molar-refractivity contribution in [2.24, 2.45) is 0 Å². The third-order valence-corrected chi connectivity index (χ3v) is 5.02. The van der Waals surface area contributed by atoms with Crippen LogP contribution in [0, 0.1) is 5.82 Å². The van der Waals surface area contributed by atoms with Crippen LogP contribution in [0.3, 0.4) is 0 Å². The fraction of sp³-hybridized carbons (Fsp3) is 0.304. The van der Waals surface area contributed by atoms with Crippen LogP contribution < -0.4 is 4.74 Å². The zero-order valence-electron chi connectivity index (χ0n) is 18.0. The lowest BCUT2D eigenvalue weighted by molar-refractivity contribution is -0.143. The zero-order valence-corrected chi connectivity index (χ0v) is 18.7. The number of rotatable bonds is 8. The van der Waals surface area contributed by atoms with Crippen molar-refractivity contribution in [1.82, 2.24) is 0 Å². The quantitative estimate of drug-likeness (QED) is 0.335. The normalized spacial score (nSPS) is 12.5. The third kappa shape index (κ3) is 6.71. The number of halogens is 5. The minimum absolute atomic E-state index is 0.0532. The molecule has 0 amide bonds. The summed E-state index contributed by atoms with van der Waals surface area (Å²) in [6.07, 6.45) is -1.23. The summed E-state index contributed by atoms with van der Waals surface area (Å²) in [5.74, 6) is -3.50. The first kappa shape index (κ1) is 26.2. The second-order valence-corrected chi connectivity index (χ2v) is 7.31. The van der Waals surface area contributed by atoms with Gasteiger partial charge >= 0.3 is 18.1 Å². The summed E-state index contributed by atoms with van der Waals surface area (Å²) in [4.78, 5) is 24.1. The number of carbonyl (C=O) groups is 2. The smallest absolute Gasteiger partial charge is 0.416 e. The molecule has 0 aliphatic heterocycles. The number of ether oxygens (including phenoxy) is 3. The van der Waals surface area contributed by atoms with Crippen molar-refractivity contribution in [3.8, 4) is 5.75 Å². The number of alkyl halides is 3. The largest absolute Gasteiger partial charge is 0.494 e. The molecule has 0 aliphatic carbocycles. The van der Waals surface area contributed by atoms with Crippen molar-refractivity contribution in [2.75, 3.05) is 21.3 Å². The monoisotopic (exact) mass is 488 g/mol. The molecule has 2 aromatic rings. The average Bonchev–Trinajstić information content (AvgIpc) is 2.76. The Morgan fingerprint density at radius 2 is 1.76 bits per heavy atom. The van der Waals surface area contributed by atoms with E-state index >= 15 is 0 Å². The van der Waals surface area contributed by atoms with Gasteiger partial charge in [-0.05, 0) is 54.3 Å². The Labute approximate surface area is 192 Å². The Kier molecular flexibility index (Phi) is 8.87. The van der Waals surface area contributed by atoms with Crippen molar-refractivity contribution >= 4 is 29.6 Å². The number of carbonyl (C=O) groups excluding carboxylic acids is 2. The highest BCUT2D eigenvalue weighted by Gasteiger charge is 2.33. The molecule has 10 heteroatoms. The maximum absolute atomic E-state index is 13.8. The molecule has 178 valence electrons. The van der Waals surface area contributed by atoms with Gasteiger partial charge in [0.05, 0.1) is 37.8 Å². The summed E-state index contributed by atoms with van der Waals surface area (Å²) in [6.45, 7) is 0. The number of benzene rings is 2. The van der Waals surface area contributed by atoms with Gasteiger partial charge in [0.1, 0.15) is 11.4 Å². The van der Waals surface area contributed by atoms with Gasteiger partial charge in [-0.1, -0.05) is 23.8 Å². The minimum atomic E-state index is -4.76. The van der Waals surface area contributed by atoms with Crippen LogP contribution in [0.2, 0.25) is 5.02 Å². The number of methoxy groups -OCH3 is 3. The predicted molar refractivity (Wildman–Crippen MR) is 114 cm³/mol. The van der Waals surface area contributed by atoms with E-state index in [1.54, 1.807) is 18.2 Å². The molecule has 0 fully saturated rings. The fourth-order valence-corrected chi connectivity index (χ4v) is 3.51. The summed E-state index contributed by atoms with van der Waals surface area (Å²) in [7, 11) is 3.66. The number of hydrogen-bond donors (Lipinski definition) is 0. The number of esters is 2. The van der Waals surface area contributed by atoms with Crippen LogP contribution >= 0.6 is 11.6 Å². The van der Waals surface area contributed by atoms with Crippen LogP contribution in [-0.2, 0) is 20.4 Å². The van der Waals surface area contributed by atoms with Crippen molar-refractivity contribution in [3.05, 3.63) is 69.5 Å². The molecule has 1 atom stereocenters. The fourth-order valence-electron chi connectivity index (χ4n) is 3.20. The van der Waals surface area contributed by atoms with Gasteiger partial charge < -0.3 is 14.2 Å². The van der Waals surface area contributed by atoms with Crippen molar-refractivity contribution in [1.29, 1.82) is 0 Å². The molecule has 2 rings (SSSR count). The number of allylic oxidation sites excluding steroid dienone is 1. The molecule has 5 nitrogen and oxygen atoms in total. The Hall–Kier alpha value is -3.07. The molecule has 0 aliphatic rings. The van der Waals surface area contributed by atoms with Gasteiger partial charge in [-0.2, -0.15) is 13.2 Å². The molecule has 0 spiro atoms. The van der Waals surface area contributed by atoms with E-state index in [-0.39, 0.29) is 34.7 Å². The van der Waals surface area contributed by atoms with E-state index in [0.717, 1.165) is 19.2 Å². The Bertz CT molecular complexity index is 1050. The lowest BCUT2D eigenvalue weighted by Crippen LogP contribution is -2.16. The van der Waals surface area contributed by atoms with E-state index in [1.165, 1.54) is 20.3 Å². The molecular formula is C23H21ClF4O5. The van der Waals surface area contributed by atoms with E-state index < -0.39 is 35.4 Å². The highest BCUT2D eigenvalue weighted by atomic mass is 35.5. The van der Waals surface area contributed by atoms with Gasteiger partial charge in [0.25, 0.3) is 0 Å². The summed E-state index contributed by atoms with van der Waals surface area (Å²) >= 11 is 6.15. The molecule has 2 aromatic carbocycles. The lowest BCUT2D eigenvalue weighted by Gasteiger charge is -2.16. The molecule has 0 aromatic heterocycles. The first-order valence-electron chi connectivity index (χ1n) is 9.59. The minimum Gasteiger partial charge on any atom is -0.494 e. The molecule has 0 saturated heterocycles. The van der Waals surface area contributed by atoms with Crippen molar-refractivity contribution < 1.29 is 41.4 Å². The van der Waals surface area contributed by atoms with Crippen molar-refractivity contribution in [2.45, 2.75) is 24.9 Å². The molecular weight excluding hydrogens is 468 g/mol. The molecule has 33 heavy (non-hydrogen) atoms. The van der Waals surface area contributed by atoms with Gasteiger partial charge in [-0.3, -0.25) is 4.79 Å². The molecule has 0 N–H and O–H groups in total. The summed E-state index contributed by atoms with van der Waals surface area (Å²) in [5.41, 5.74) is -0.687. The van der Waals surface area contributed by atoms with Crippen molar-refractivity contribution in [3.63, 3.8) is 0 Å². The topological polar surface area (TPSA) is 61.8 Å². The predicted octanol–water partition coefficient (Wildman–Crippen LogP) is 6.04. The third-order valence-electron chi connectivity index (χ3n) is 4.74. The maximum atomic E-state index is 13.8. The summed E-state index contributed by atoms with van der Waals surface area (Å²) < 4.78 is 67.5. The van der Waals surface area contributed by atoms with Gasteiger partial charge in [-0.15, -0.1) is 0 Å². The first-order chi connectivity index (χ1) is 15.5. The van der Waals surface area contributed by atoms with Crippen LogP contribution in [-0.4, -0.2) is 33.3 Å². The zero-order chi connectivity index (χ0) is 24.8. The second-order valence-electron chi connectivity index (χ2n) is 6.90. The van der Waals surface area contributed by atoms with E-state index in [0.29, 0.717) is 11.6 Å². The average molecular weight is 489 g/mol. The molecule has 1 unspecified atom stereocenters. The second kappa shape index (κ2) is 11.2. The summed E-state index contributed by atoms with van der Waals surface area (Å²) in [6, 6.07) is 5.02. The SMILES string of the molecule is COC(=O)c1cc(/C=C/CCC(C(=O)OC)c2cc(F)cc(C(F)(F)F)c2)cc(Cl)c1OC. The van der Waals surface area contributed by atoms with E-state index in [4.69, 9.17) is 25.8 Å². The van der Waals surface area contributed by atoms with Crippen LogP contribution in [0.25, 0.3) is 6.08 Å². The van der Waals surface area contributed by atoms with Gasteiger partial charge in [0, 0.05) is 0 Å². The van der Waals surface area contributed by atoms with E-state index in [2.05, 4.69) is 0 Å². The van der Waals surface area contributed by atoms with E-state index in [1.807, 2.05) is 0 Å². The molecule has 0 bridgehead atoms. The Morgan fingerprint density at radius 1 is 1.06 bits per heavy atom.